The smallest absolute Gasteiger partial charge is 0.333 e. The molecule has 1 unspecified atom stereocenters. The third-order valence-corrected chi connectivity index (χ3v) is 7.59. The summed E-state index contributed by atoms with van der Waals surface area (Å²) in [6.45, 7) is 1.50. The molecule has 2 fully saturated rings. The number of anilines is 1. The van der Waals surface area contributed by atoms with E-state index in [2.05, 4.69) is 5.32 Å². The lowest BCUT2D eigenvalue weighted by Gasteiger charge is -2.60. The largest absolute Gasteiger partial charge is 0.632 e. The second-order valence-corrected chi connectivity index (χ2v) is 8.66. The first-order valence-corrected chi connectivity index (χ1v) is 9.59. The first-order chi connectivity index (χ1) is 13.2. The number of nitrogens with zero attached hydrogens (tertiary/aromatic N) is 1. The van der Waals surface area contributed by atoms with Gasteiger partial charge in [-0.05, 0) is 18.6 Å². The quantitative estimate of drug-likeness (QED) is 0.449. The minimum atomic E-state index is -1.77. The van der Waals surface area contributed by atoms with E-state index in [1.165, 1.54) is 6.92 Å². The number of ether oxygens (including phenoxy) is 1. The number of carbonyl (C=O) groups is 1. The molecule has 8 heteroatoms. The molecule has 0 amide bonds. The molecule has 1 aromatic rings. The molecule has 150 valence electrons. The van der Waals surface area contributed by atoms with Crippen LogP contribution in [0.4, 0.5) is 5.69 Å². The van der Waals surface area contributed by atoms with Gasteiger partial charge in [0.2, 0.25) is 0 Å². The van der Waals surface area contributed by atoms with Gasteiger partial charge in [0, 0.05) is 36.2 Å². The normalized spacial score (nSPS) is 41.2. The first kappa shape index (κ1) is 17.9. The Kier molecular flexibility index (Phi) is 3.37. The fourth-order valence-corrected chi connectivity index (χ4v) is 6.30. The zero-order valence-corrected chi connectivity index (χ0v) is 15.8. The van der Waals surface area contributed by atoms with Crippen LogP contribution in [0.5, 0.6) is 5.75 Å². The fourth-order valence-electron chi connectivity index (χ4n) is 6.30. The fraction of sp³-hybridized carbons (Fsp3) is 0.550. The van der Waals surface area contributed by atoms with E-state index in [1.54, 1.807) is 7.11 Å². The zero-order chi connectivity index (χ0) is 20.1. The monoisotopic (exact) mass is 388 g/mol. The van der Waals surface area contributed by atoms with Gasteiger partial charge < -0.3 is 35.2 Å². The van der Waals surface area contributed by atoms with Crippen LogP contribution in [-0.4, -0.2) is 63.9 Å². The number of fused-ring (bicyclic) bond motifs is 2. The summed E-state index contributed by atoms with van der Waals surface area (Å²) in [5.41, 5.74) is -0.224. The summed E-state index contributed by atoms with van der Waals surface area (Å²) in [5, 5.41) is 48.7. The van der Waals surface area contributed by atoms with Gasteiger partial charge in [0.25, 0.3) is 0 Å². The standard InChI is InChI=1S/C20H24N2O6/c1-10(23)20(26)9-22(27)6-5-19-12-4-3-11(28-2)7-14(12)21-17(19)16(18(24)25)13(20)8-15(19)22/h3-4,7,10,13,15,21,23,26H,5-6,8-9H2,1-2H3,(H,24,25)/t10-,13-,15+,19+,20+,22?/m0/s1. The summed E-state index contributed by atoms with van der Waals surface area (Å²) in [5.74, 6) is -1.29. The molecule has 1 spiro atoms. The van der Waals surface area contributed by atoms with Crippen molar-refractivity contribution in [3.05, 3.63) is 40.2 Å². The summed E-state index contributed by atoms with van der Waals surface area (Å²) >= 11 is 0. The molecule has 1 aromatic carbocycles. The highest BCUT2D eigenvalue weighted by Crippen LogP contribution is 2.64. The van der Waals surface area contributed by atoms with E-state index in [4.69, 9.17) is 4.74 Å². The van der Waals surface area contributed by atoms with Crippen LogP contribution in [0.1, 0.15) is 25.3 Å². The molecule has 4 N–H and O–H groups in total. The lowest BCUT2D eigenvalue weighted by Crippen LogP contribution is -2.71. The number of carboxylic acid groups (broad SMARTS) is 1. The molecule has 2 bridgehead atoms. The van der Waals surface area contributed by atoms with Crippen molar-refractivity contribution < 1.29 is 29.5 Å². The van der Waals surface area contributed by atoms with Crippen molar-refractivity contribution in [3.8, 4) is 5.75 Å². The molecule has 8 nitrogen and oxygen atoms in total. The number of aliphatic hydroxyl groups is 2. The molecule has 3 aliphatic heterocycles. The van der Waals surface area contributed by atoms with Crippen molar-refractivity contribution in [2.24, 2.45) is 5.92 Å². The first-order valence-electron chi connectivity index (χ1n) is 9.59. The van der Waals surface area contributed by atoms with Crippen molar-refractivity contribution in [1.29, 1.82) is 0 Å². The molecule has 2 saturated heterocycles. The van der Waals surface area contributed by atoms with Gasteiger partial charge in [-0.1, -0.05) is 6.07 Å². The van der Waals surface area contributed by atoms with Gasteiger partial charge >= 0.3 is 5.97 Å². The number of nitrogens with one attached hydrogen (secondary N) is 1. The highest BCUT2D eigenvalue weighted by Gasteiger charge is 2.71. The van der Waals surface area contributed by atoms with Crippen LogP contribution in [0.25, 0.3) is 0 Å². The van der Waals surface area contributed by atoms with E-state index in [1.807, 2.05) is 18.2 Å². The number of methoxy groups -OCH3 is 1. The molecule has 5 rings (SSSR count). The van der Waals surface area contributed by atoms with E-state index >= 15 is 0 Å². The average Bonchev–Trinajstić information content (AvgIpc) is 3.13. The van der Waals surface area contributed by atoms with Gasteiger partial charge in [-0.3, -0.25) is 0 Å². The van der Waals surface area contributed by atoms with Gasteiger partial charge in [0.1, 0.15) is 23.9 Å². The van der Waals surface area contributed by atoms with Crippen LogP contribution < -0.4 is 10.1 Å². The highest BCUT2D eigenvalue weighted by molar-refractivity contribution is 5.92. The third-order valence-electron chi connectivity index (χ3n) is 7.59. The van der Waals surface area contributed by atoms with E-state index in [0.29, 0.717) is 17.9 Å². The maximum atomic E-state index is 13.8. The SMILES string of the molecule is COc1ccc2c(c1)NC1=C(C(=O)O)[C@@H]3C[C@@H]4[C@]12CC[N+]4([O-])C[C@@]3(O)[C@H](C)O. The number of hydroxylamine groups is 3. The molecule has 6 atom stereocenters. The zero-order valence-electron chi connectivity index (χ0n) is 15.8. The molecule has 4 aliphatic rings. The second-order valence-electron chi connectivity index (χ2n) is 8.66. The van der Waals surface area contributed by atoms with Gasteiger partial charge in [-0.15, -0.1) is 0 Å². The number of quaternary nitrogens is 1. The number of hydrogen-bond acceptors (Lipinski definition) is 6. The number of carboxylic acids is 1. The Morgan fingerprint density at radius 1 is 1.46 bits per heavy atom. The molecular weight excluding hydrogens is 364 g/mol. The highest BCUT2D eigenvalue weighted by atomic mass is 16.6. The maximum absolute atomic E-state index is 13.8. The van der Waals surface area contributed by atoms with Crippen LogP contribution in [-0.2, 0) is 10.2 Å². The van der Waals surface area contributed by atoms with E-state index in [-0.39, 0.29) is 25.1 Å². The molecule has 3 heterocycles. The number of hydrogen-bond donors (Lipinski definition) is 4. The Bertz CT molecular complexity index is 929. The van der Waals surface area contributed by atoms with Crippen LogP contribution in [0.3, 0.4) is 0 Å². The lowest BCUT2D eigenvalue weighted by atomic mass is 9.58. The van der Waals surface area contributed by atoms with E-state index < -0.39 is 39.7 Å². The summed E-state index contributed by atoms with van der Waals surface area (Å²) < 4.78 is 4.69. The molecule has 0 aromatic heterocycles. The predicted octanol–water partition coefficient (Wildman–Crippen LogP) is 0.929. The molecule has 28 heavy (non-hydrogen) atoms. The third kappa shape index (κ3) is 1.86. The van der Waals surface area contributed by atoms with Crippen LogP contribution in [0.15, 0.2) is 29.5 Å². The van der Waals surface area contributed by atoms with Gasteiger partial charge in [0.15, 0.2) is 0 Å². The summed E-state index contributed by atoms with van der Waals surface area (Å²) in [7, 11) is 1.56. The minimum absolute atomic E-state index is 0.0861. The Balaban J connectivity index is 1.81. The molecule has 0 radical (unpaired) electrons. The van der Waals surface area contributed by atoms with Gasteiger partial charge in [-0.2, -0.15) is 0 Å². The van der Waals surface area contributed by atoms with Crippen molar-refractivity contribution >= 4 is 11.7 Å². The van der Waals surface area contributed by atoms with Crippen molar-refractivity contribution in [1.82, 2.24) is 0 Å². The molecule has 0 saturated carbocycles. The topological polar surface area (TPSA) is 122 Å². The van der Waals surface area contributed by atoms with Crippen molar-refractivity contribution in [2.45, 2.75) is 42.9 Å². The Morgan fingerprint density at radius 2 is 2.21 bits per heavy atom. The number of aliphatic hydroxyl groups excluding tert-OH is 1. The van der Waals surface area contributed by atoms with Crippen molar-refractivity contribution in [2.75, 3.05) is 25.5 Å². The number of benzene rings is 1. The number of piperidine rings is 1. The lowest BCUT2D eigenvalue weighted by molar-refractivity contribution is -0.909. The molecule has 1 aliphatic carbocycles. The van der Waals surface area contributed by atoms with Crippen LogP contribution >= 0.6 is 0 Å². The van der Waals surface area contributed by atoms with E-state index in [9.17, 15) is 25.3 Å². The average molecular weight is 388 g/mol. The molecular formula is C20H24N2O6. The van der Waals surface area contributed by atoms with E-state index in [0.717, 1.165) is 11.3 Å². The summed E-state index contributed by atoms with van der Waals surface area (Å²) in [6.07, 6.45) is -0.472. The predicted molar refractivity (Wildman–Crippen MR) is 99.5 cm³/mol. The number of aliphatic carboxylic acids is 1. The summed E-state index contributed by atoms with van der Waals surface area (Å²) in [4.78, 5) is 12.3. The summed E-state index contributed by atoms with van der Waals surface area (Å²) in [6, 6.07) is 5.17. The number of rotatable bonds is 3. The van der Waals surface area contributed by atoms with Crippen LogP contribution in [0, 0.1) is 11.1 Å². The van der Waals surface area contributed by atoms with Gasteiger partial charge in [-0.25, -0.2) is 4.79 Å². The van der Waals surface area contributed by atoms with Gasteiger partial charge in [0.05, 0.1) is 30.7 Å². The van der Waals surface area contributed by atoms with Crippen LogP contribution in [0.2, 0.25) is 0 Å². The minimum Gasteiger partial charge on any atom is -0.632 e. The Morgan fingerprint density at radius 3 is 2.86 bits per heavy atom. The Labute approximate surface area is 162 Å². The Hall–Kier alpha value is -2.13. The van der Waals surface area contributed by atoms with Crippen molar-refractivity contribution in [3.63, 3.8) is 0 Å². The second kappa shape index (κ2) is 5.27. The maximum Gasteiger partial charge on any atom is 0.333 e.